The molecule has 0 bridgehead atoms. The van der Waals surface area contributed by atoms with E-state index in [0.29, 0.717) is 0 Å². The van der Waals surface area contributed by atoms with E-state index >= 15 is 0 Å². The van der Waals surface area contributed by atoms with Crippen molar-refractivity contribution in [1.29, 1.82) is 0 Å². The van der Waals surface area contributed by atoms with Crippen molar-refractivity contribution in [3.63, 3.8) is 0 Å². The zero-order valence-electron chi connectivity index (χ0n) is 20.4. The van der Waals surface area contributed by atoms with Crippen molar-refractivity contribution >= 4 is 25.9 Å². The summed E-state index contributed by atoms with van der Waals surface area (Å²) >= 11 is 2.00. The smallest absolute Gasteiger partial charge is 0.0771 e. The van der Waals surface area contributed by atoms with Gasteiger partial charge in [0, 0.05) is 0 Å². The Kier molecular flexibility index (Phi) is 13.5. The molecule has 0 fully saturated rings. The van der Waals surface area contributed by atoms with Crippen molar-refractivity contribution in [2.45, 2.75) is 13.3 Å². The van der Waals surface area contributed by atoms with Crippen molar-refractivity contribution < 1.29 is 20.0 Å². The molecule has 0 aliphatic heterocycles. The summed E-state index contributed by atoms with van der Waals surface area (Å²) in [6, 6.07) is 39.0. The predicted octanol–water partition coefficient (Wildman–Crippen LogP) is 9.11. The van der Waals surface area contributed by atoms with Crippen LogP contribution in [0.2, 0.25) is 0 Å². The molecule has 1 aliphatic rings. The van der Waals surface area contributed by atoms with E-state index in [0.717, 1.165) is 17.5 Å². The molecule has 0 saturated carbocycles. The van der Waals surface area contributed by atoms with E-state index in [1.165, 1.54) is 21.5 Å². The van der Waals surface area contributed by atoms with Gasteiger partial charge in [-0.05, 0) is 0 Å². The maximum absolute atomic E-state index is 3.72. The maximum atomic E-state index is 3.72. The molecule has 1 aliphatic carbocycles. The standard InChI is InChI=1S/C13H9.2C7H7.C5H5.C2H4.Ti/c1-3-7-12-10(5-1)9-11-6-2-4-8-13(11)12;2*1-7-5-3-2-4-6-7;1-2-4-5-3-1;1-2;/h1-9H;2*2-6H,1H2;1-3H,4H2;1H,2H3;/q4*-1;;. The Labute approximate surface area is 222 Å². The topological polar surface area (TPSA) is 0 Å². The first-order chi connectivity index (χ1) is 17.2. The second-order valence-electron chi connectivity index (χ2n) is 7.58. The summed E-state index contributed by atoms with van der Waals surface area (Å²) in [5.74, 6) is 0. The van der Waals surface area contributed by atoms with Crippen molar-refractivity contribution in [1.82, 2.24) is 0 Å². The fourth-order valence-corrected chi connectivity index (χ4v) is 3.20. The molecule has 1 heteroatoms. The van der Waals surface area contributed by atoms with E-state index in [4.69, 9.17) is 0 Å². The summed E-state index contributed by atoms with van der Waals surface area (Å²) < 4.78 is 2.00. The van der Waals surface area contributed by atoms with Crippen molar-refractivity contribution in [3.8, 4) is 0 Å². The maximum Gasteiger partial charge on any atom is -0.0771 e. The van der Waals surface area contributed by atoms with Gasteiger partial charge in [0.05, 0.1) is 0 Å². The first-order valence-electron chi connectivity index (χ1n) is 11.6. The third-order valence-corrected chi connectivity index (χ3v) is 4.79. The average molecular weight is 488 g/mol. The molecule has 0 aromatic heterocycles. The molecule has 0 heterocycles. The predicted molar refractivity (Wildman–Crippen MR) is 152 cm³/mol. The van der Waals surface area contributed by atoms with Gasteiger partial charge < -0.3 is 0 Å². The molecule has 0 nitrogen and oxygen atoms in total. The number of hydrogen-bond acceptors (Lipinski definition) is 0. The van der Waals surface area contributed by atoms with Crippen LogP contribution < -0.4 is 0 Å². The number of fused-ring (bicyclic) bond motifs is 3. The summed E-state index contributed by atoms with van der Waals surface area (Å²) in [5.41, 5.74) is 2.14. The fourth-order valence-electron chi connectivity index (χ4n) is 3.20. The van der Waals surface area contributed by atoms with Crippen LogP contribution in [0.15, 0.2) is 133 Å². The normalized spacial score (nSPS) is 10.4. The SMILES string of the molecule is C[CH]=[Ti].[C-]1=CC=CC1.[CH2-]c1ccccc1.[CH2-]c1ccccc1.c1ccc2c(c1)[cH-]c1ccccc12. The number of benzene rings is 4. The molecule has 6 rings (SSSR count). The summed E-state index contributed by atoms with van der Waals surface area (Å²) in [5, 5.41) is 5.39. The number of hydrogen-bond donors (Lipinski definition) is 0. The molecule has 176 valence electrons. The van der Waals surface area contributed by atoms with Gasteiger partial charge in [0.25, 0.3) is 0 Å². The van der Waals surface area contributed by atoms with Crippen LogP contribution in [-0.2, 0) is 20.0 Å². The molecule has 0 saturated heterocycles. The molecule has 0 radical (unpaired) electrons. The van der Waals surface area contributed by atoms with Gasteiger partial charge in [-0.25, -0.2) is 12.2 Å². The van der Waals surface area contributed by atoms with Crippen LogP contribution in [0.4, 0.5) is 0 Å². The minimum absolute atomic E-state index is 1.01. The first-order valence-corrected chi connectivity index (χ1v) is 12.5. The minimum Gasteiger partial charge on any atom is -0.273 e. The first kappa shape index (κ1) is 27.8. The van der Waals surface area contributed by atoms with Gasteiger partial charge in [-0.1, -0.05) is 48.5 Å². The van der Waals surface area contributed by atoms with Crippen LogP contribution in [0.25, 0.3) is 21.5 Å². The molecule has 0 atom stereocenters. The Balaban J connectivity index is 0.000000169. The quantitative estimate of drug-likeness (QED) is 0.151. The number of allylic oxidation sites excluding steroid dienone is 4. The van der Waals surface area contributed by atoms with Crippen molar-refractivity contribution in [2.24, 2.45) is 0 Å². The van der Waals surface area contributed by atoms with Gasteiger partial charge in [0.1, 0.15) is 0 Å². The summed E-state index contributed by atoms with van der Waals surface area (Å²) in [4.78, 5) is 0. The van der Waals surface area contributed by atoms with E-state index in [9.17, 15) is 0 Å². The summed E-state index contributed by atoms with van der Waals surface area (Å²) in [6.07, 6.45) is 10.0. The van der Waals surface area contributed by atoms with Gasteiger partial charge in [0.2, 0.25) is 0 Å². The molecular formula is C34H32Ti-4. The molecular weight excluding hydrogens is 456 g/mol. The third-order valence-electron chi connectivity index (χ3n) is 4.79. The molecule has 0 N–H and O–H groups in total. The Bertz CT molecular complexity index is 1190. The molecule has 35 heavy (non-hydrogen) atoms. The van der Waals surface area contributed by atoms with E-state index in [1.54, 1.807) is 0 Å². The average Bonchev–Trinajstić information content (AvgIpc) is 3.58. The van der Waals surface area contributed by atoms with Gasteiger partial charge in [-0.2, -0.15) is 55.3 Å². The van der Waals surface area contributed by atoms with E-state index < -0.39 is 0 Å². The van der Waals surface area contributed by atoms with Gasteiger partial charge in [0.15, 0.2) is 0 Å². The summed E-state index contributed by atoms with van der Waals surface area (Å²) in [6.45, 7) is 9.44. The second kappa shape index (κ2) is 17.1. The Morgan fingerprint density at radius 1 is 0.686 bits per heavy atom. The van der Waals surface area contributed by atoms with Crippen LogP contribution in [0, 0.1) is 19.9 Å². The second-order valence-corrected chi connectivity index (χ2v) is 8.48. The third kappa shape index (κ3) is 11.0. The van der Waals surface area contributed by atoms with Crippen LogP contribution in [0.1, 0.15) is 24.5 Å². The van der Waals surface area contributed by atoms with Crippen molar-refractivity contribution in [3.05, 3.63) is 165 Å². The van der Waals surface area contributed by atoms with E-state index in [2.05, 4.69) is 80.6 Å². The van der Waals surface area contributed by atoms with Gasteiger partial charge in [-0.3, -0.25) is 6.08 Å². The Morgan fingerprint density at radius 2 is 1.09 bits per heavy atom. The molecule has 0 amide bonds. The largest absolute Gasteiger partial charge is 0.273 e. The Morgan fingerprint density at radius 3 is 1.37 bits per heavy atom. The van der Waals surface area contributed by atoms with Gasteiger partial charge >= 0.3 is 31.2 Å². The van der Waals surface area contributed by atoms with Crippen LogP contribution in [0.5, 0.6) is 0 Å². The fraction of sp³-hybridized carbons (Fsp3) is 0.0588. The molecule has 5 aromatic rings. The van der Waals surface area contributed by atoms with Crippen molar-refractivity contribution in [2.75, 3.05) is 0 Å². The number of rotatable bonds is 0. The zero-order chi connectivity index (χ0) is 25.1. The zero-order valence-corrected chi connectivity index (χ0v) is 22.0. The summed E-state index contributed by atoms with van der Waals surface area (Å²) in [7, 11) is 0. The van der Waals surface area contributed by atoms with Crippen LogP contribution in [-0.4, -0.2) is 4.31 Å². The molecule has 0 unspecified atom stereocenters. The minimum atomic E-state index is 1.01. The van der Waals surface area contributed by atoms with E-state index in [1.807, 2.05) is 104 Å². The van der Waals surface area contributed by atoms with Crippen LogP contribution in [0.3, 0.4) is 0 Å². The van der Waals surface area contributed by atoms with Gasteiger partial charge in [-0.15, -0.1) is 70.4 Å². The van der Waals surface area contributed by atoms with Crippen LogP contribution >= 0.6 is 0 Å². The van der Waals surface area contributed by atoms with E-state index in [-0.39, 0.29) is 0 Å². The molecule has 0 spiro atoms. The molecule has 5 aromatic carbocycles. The Hall–Kier alpha value is -3.45. The monoisotopic (exact) mass is 488 g/mol.